The van der Waals surface area contributed by atoms with E-state index in [1.165, 1.54) is 11.1 Å². The summed E-state index contributed by atoms with van der Waals surface area (Å²) in [5.74, 6) is 4.72. The fraction of sp³-hybridized carbons (Fsp3) is 0.571. The summed E-state index contributed by atoms with van der Waals surface area (Å²) in [5.41, 5.74) is 1.86. The first-order valence-electron chi connectivity index (χ1n) is 8.83. The van der Waals surface area contributed by atoms with Crippen molar-refractivity contribution >= 4 is 0 Å². The monoisotopic (exact) mass is 309 g/mol. The van der Waals surface area contributed by atoms with E-state index in [0.29, 0.717) is 23.5 Å². The number of hydrogen-bond acceptors (Lipinski definition) is 2. The Hall–Kier alpha value is -1.46. The van der Waals surface area contributed by atoms with Crippen LogP contribution in [0.15, 0.2) is 18.2 Å². The second-order valence-corrected chi connectivity index (χ2v) is 8.03. The van der Waals surface area contributed by atoms with E-state index in [-0.39, 0.29) is 5.41 Å². The Balaban J connectivity index is 1.69. The van der Waals surface area contributed by atoms with Crippen molar-refractivity contribution in [2.75, 3.05) is 0 Å². The number of benzene rings is 1. The van der Waals surface area contributed by atoms with Crippen LogP contribution in [0.5, 0.6) is 5.75 Å². The molecule has 0 amide bonds. The van der Waals surface area contributed by atoms with E-state index in [1.807, 2.05) is 12.1 Å². The molecule has 2 fully saturated rings. The van der Waals surface area contributed by atoms with Crippen LogP contribution in [0.2, 0.25) is 0 Å². The molecule has 2 N–H and O–H groups in total. The fourth-order valence-electron chi connectivity index (χ4n) is 5.99. The number of phenolic OH excluding ortho intramolecular Hbond substituents is 1. The first kappa shape index (κ1) is 15.1. The van der Waals surface area contributed by atoms with Gasteiger partial charge < -0.3 is 10.2 Å². The molecule has 1 aromatic carbocycles. The molecule has 2 heteroatoms. The van der Waals surface area contributed by atoms with Gasteiger partial charge in [-0.1, -0.05) is 18.9 Å². The summed E-state index contributed by atoms with van der Waals surface area (Å²) < 4.78 is 0. The number of fused-ring (bicyclic) bond motifs is 5. The molecule has 0 bridgehead atoms. The van der Waals surface area contributed by atoms with Gasteiger partial charge in [0, 0.05) is 5.41 Å². The normalized spacial score (nSPS) is 41.5. The first-order chi connectivity index (χ1) is 11.0. The highest BCUT2D eigenvalue weighted by Gasteiger charge is 2.61. The highest BCUT2D eigenvalue weighted by atomic mass is 16.3. The zero-order valence-corrected chi connectivity index (χ0v) is 13.8. The number of aliphatic hydroxyl groups is 1. The molecule has 23 heavy (non-hydrogen) atoms. The number of aromatic hydroxyl groups is 1. The van der Waals surface area contributed by atoms with Gasteiger partial charge in [-0.2, -0.15) is 0 Å². The molecule has 2 saturated carbocycles. The van der Waals surface area contributed by atoms with Crippen LogP contribution < -0.4 is 0 Å². The van der Waals surface area contributed by atoms with Crippen molar-refractivity contribution < 1.29 is 10.2 Å². The molecule has 0 aliphatic heterocycles. The van der Waals surface area contributed by atoms with Crippen molar-refractivity contribution in [2.45, 2.75) is 57.0 Å². The zero-order valence-electron chi connectivity index (χ0n) is 13.8. The van der Waals surface area contributed by atoms with Crippen LogP contribution in [-0.2, 0) is 6.42 Å². The van der Waals surface area contributed by atoms with E-state index in [4.69, 9.17) is 6.42 Å². The standard InChI is InChI=1S/C21H25O2/c1-3-10-21(23)12-9-19-18-6-4-14-13-15(22)5-7-16(14)17(18)8-11-20(19,21)2/h1,5,7,10,13,17-19,22-23H,4,6,8-9,11-12H2,2H3/t17-,18+,19+,20-,21?/m0/s1. The molecule has 0 heterocycles. The molecule has 5 atom stereocenters. The van der Waals surface area contributed by atoms with E-state index in [1.54, 1.807) is 6.42 Å². The third-order valence-electron chi connectivity index (χ3n) is 7.25. The second kappa shape index (κ2) is 5.02. The van der Waals surface area contributed by atoms with Crippen LogP contribution >= 0.6 is 0 Å². The van der Waals surface area contributed by atoms with E-state index >= 15 is 0 Å². The highest BCUT2D eigenvalue weighted by Crippen LogP contribution is 2.64. The lowest BCUT2D eigenvalue weighted by molar-refractivity contribution is -0.0779. The number of aryl methyl sites for hydroxylation is 1. The molecule has 1 unspecified atom stereocenters. The third-order valence-corrected chi connectivity index (χ3v) is 7.25. The number of hydrogen-bond donors (Lipinski definition) is 2. The maximum atomic E-state index is 11.1. The molecule has 4 rings (SSSR count). The van der Waals surface area contributed by atoms with Crippen molar-refractivity contribution in [1.82, 2.24) is 0 Å². The quantitative estimate of drug-likeness (QED) is 0.774. The first-order valence-corrected chi connectivity index (χ1v) is 8.83. The Morgan fingerprint density at radius 2 is 2.09 bits per heavy atom. The van der Waals surface area contributed by atoms with Gasteiger partial charge in [0.25, 0.3) is 0 Å². The van der Waals surface area contributed by atoms with Crippen molar-refractivity contribution in [3.8, 4) is 18.1 Å². The number of rotatable bonds is 1. The SMILES string of the molecule is C#C[CH]C1(O)CC[C@@H]2[C@@H]3CCc4cc(O)ccc4[C@@H]3CC[C@@]21C. The number of terminal acetylenes is 1. The zero-order chi connectivity index (χ0) is 16.2. The largest absolute Gasteiger partial charge is 0.508 e. The van der Waals surface area contributed by atoms with Gasteiger partial charge in [-0.25, -0.2) is 0 Å². The molecule has 1 aromatic rings. The Morgan fingerprint density at radius 1 is 1.26 bits per heavy atom. The molecule has 0 saturated heterocycles. The van der Waals surface area contributed by atoms with Crippen LogP contribution in [-0.4, -0.2) is 15.8 Å². The summed E-state index contributed by atoms with van der Waals surface area (Å²) in [4.78, 5) is 0. The smallest absolute Gasteiger partial charge is 0.115 e. The molecule has 121 valence electrons. The van der Waals surface area contributed by atoms with Gasteiger partial charge >= 0.3 is 0 Å². The minimum Gasteiger partial charge on any atom is -0.508 e. The molecular formula is C21H25O2. The maximum Gasteiger partial charge on any atom is 0.115 e. The van der Waals surface area contributed by atoms with Crippen LogP contribution in [0, 0.1) is 36.0 Å². The summed E-state index contributed by atoms with van der Waals surface area (Å²) in [5, 5.41) is 20.9. The highest BCUT2D eigenvalue weighted by molar-refractivity contribution is 5.40. The predicted molar refractivity (Wildman–Crippen MR) is 90.8 cm³/mol. The van der Waals surface area contributed by atoms with Crippen LogP contribution in [0.1, 0.15) is 56.1 Å². The second-order valence-electron chi connectivity index (χ2n) is 8.03. The molecule has 3 aliphatic rings. The molecule has 0 spiro atoms. The van der Waals surface area contributed by atoms with Crippen molar-refractivity contribution in [3.63, 3.8) is 0 Å². The molecular weight excluding hydrogens is 284 g/mol. The van der Waals surface area contributed by atoms with Gasteiger partial charge in [0.05, 0.1) is 12.0 Å². The van der Waals surface area contributed by atoms with E-state index in [9.17, 15) is 10.2 Å². The van der Waals surface area contributed by atoms with Gasteiger partial charge in [0.1, 0.15) is 5.75 Å². The Bertz CT molecular complexity index is 673. The third kappa shape index (κ3) is 1.99. The minimum atomic E-state index is -0.799. The van der Waals surface area contributed by atoms with Gasteiger partial charge in [0.15, 0.2) is 0 Å². The van der Waals surface area contributed by atoms with Crippen LogP contribution in [0.25, 0.3) is 0 Å². The Kier molecular flexibility index (Phi) is 3.29. The molecule has 1 radical (unpaired) electrons. The lowest BCUT2D eigenvalue weighted by Crippen LogP contribution is -2.50. The predicted octanol–water partition coefficient (Wildman–Crippen LogP) is 3.82. The summed E-state index contributed by atoms with van der Waals surface area (Å²) >= 11 is 0. The summed E-state index contributed by atoms with van der Waals surface area (Å²) in [6.45, 7) is 2.25. The van der Waals surface area contributed by atoms with Gasteiger partial charge in [-0.05, 0) is 79.5 Å². The van der Waals surface area contributed by atoms with Crippen LogP contribution in [0.3, 0.4) is 0 Å². The fourth-order valence-corrected chi connectivity index (χ4v) is 5.99. The molecule has 3 aliphatic carbocycles. The summed E-state index contributed by atoms with van der Waals surface area (Å²) in [6.07, 6.45) is 13.4. The average Bonchev–Trinajstić information content (AvgIpc) is 2.79. The van der Waals surface area contributed by atoms with Gasteiger partial charge in [0.2, 0.25) is 0 Å². The molecule has 2 nitrogen and oxygen atoms in total. The average molecular weight is 309 g/mol. The van der Waals surface area contributed by atoms with Gasteiger partial charge in [-0.3, -0.25) is 0 Å². The van der Waals surface area contributed by atoms with Crippen molar-refractivity contribution in [2.24, 2.45) is 17.3 Å². The Morgan fingerprint density at radius 3 is 2.87 bits per heavy atom. The number of phenols is 1. The van der Waals surface area contributed by atoms with E-state index < -0.39 is 5.60 Å². The lowest BCUT2D eigenvalue weighted by Gasteiger charge is -2.53. The van der Waals surface area contributed by atoms with Crippen molar-refractivity contribution in [3.05, 3.63) is 35.7 Å². The van der Waals surface area contributed by atoms with E-state index in [2.05, 4.69) is 18.9 Å². The minimum absolute atomic E-state index is 0.0883. The van der Waals surface area contributed by atoms with Crippen molar-refractivity contribution in [1.29, 1.82) is 0 Å². The van der Waals surface area contributed by atoms with Crippen LogP contribution in [0.4, 0.5) is 0 Å². The summed E-state index contributed by atoms with van der Waals surface area (Å²) in [7, 11) is 0. The van der Waals surface area contributed by atoms with E-state index in [0.717, 1.165) is 38.5 Å². The lowest BCUT2D eigenvalue weighted by atomic mass is 9.53. The Labute approximate surface area is 138 Å². The topological polar surface area (TPSA) is 40.5 Å². The summed E-state index contributed by atoms with van der Waals surface area (Å²) in [6, 6.07) is 5.89. The van der Waals surface area contributed by atoms with Gasteiger partial charge in [-0.15, -0.1) is 6.42 Å². The molecule has 0 aromatic heterocycles. The maximum absolute atomic E-state index is 11.1.